The van der Waals surface area contributed by atoms with Crippen LogP contribution in [-0.4, -0.2) is 32.8 Å². The normalized spacial score (nSPS) is 16.1. The van der Waals surface area contributed by atoms with Gasteiger partial charge in [0, 0.05) is 6.07 Å². The largest absolute Gasteiger partial charge is 0.482 e. The second-order valence-corrected chi connectivity index (χ2v) is 4.57. The van der Waals surface area contributed by atoms with Crippen molar-refractivity contribution in [2.24, 2.45) is 0 Å². The molecular formula is C14H18FNO3. The third-order valence-corrected chi connectivity index (χ3v) is 3.34. The maximum Gasteiger partial charge on any atom is 0.343 e. The molecule has 2 rings (SSSR count). The Kier molecular flexibility index (Phi) is 4.74. The van der Waals surface area contributed by atoms with Crippen molar-refractivity contribution < 1.29 is 18.7 Å². The van der Waals surface area contributed by atoms with Crippen LogP contribution in [0.4, 0.5) is 4.39 Å². The summed E-state index contributed by atoms with van der Waals surface area (Å²) in [7, 11) is 1.28. The number of rotatable bonds is 4. The highest BCUT2D eigenvalue weighted by atomic mass is 19.1. The summed E-state index contributed by atoms with van der Waals surface area (Å²) in [5, 5.41) is 3.26. The van der Waals surface area contributed by atoms with Crippen LogP contribution < -0.4 is 10.1 Å². The van der Waals surface area contributed by atoms with E-state index in [0.29, 0.717) is 5.75 Å². The van der Waals surface area contributed by atoms with E-state index >= 15 is 0 Å². The van der Waals surface area contributed by atoms with Crippen molar-refractivity contribution in [2.75, 3.05) is 26.8 Å². The number of carbonyl (C=O) groups excluding carboxylic acids is 1. The van der Waals surface area contributed by atoms with Crippen LogP contribution in [0, 0.1) is 5.82 Å². The van der Waals surface area contributed by atoms with Crippen molar-refractivity contribution in [3.63, 3.8) is 0 Å². The van der Waals surface area contributed by atoms with Gasteiger partial charge in [-0.05, 0) is 43.5 Å². The lowest BCUT2D eigenvalue weighted by atomic mass is 9.90. The molecule has 1 N–H and O–H groups in total. The molecule has 0 aromatic heterocycles. The van der Waals surface area contributed by atoms with E-state index in [9.17, 15) is 9.18 Å². The standard InChI is InChI=1S/C14H18FNO3/c1-18-14(17)9-19-11-2-3-12(13(15)8-11)10-4-6-16-7-5-10/h2-3,8,10,16H,4-7,9H2,1H3. The van der Waals surface area contributed by atoms with Gasteiger partial charge in [-0.1, -0.05) is 6.07 Å². The lowest BCUT2D eigenvalue weighted by molar-refractivity contribution is -0.142. The first kappa shape index (κ1) is 13.8. The second kappa shape index (κ2) is 6.52. The summed E-state index contributed by atoms with van der Waals surface area (Å²) >= 11 is 0. The zero-order valence-electron chi connectivity index (χ0n) is 10.9. The Hall–Kier alpha value is -1.62. The summed E-state index contributed by atoms with van der Waals surface area (Å²) in [4.78, 5) is 10.9. The summed E-state index contributed by atoms with van der Waals surface area (Å²) < 4.78 is 23.6. The fourth-order valence-corrected chi connectivity index (χ4v) is 2.26. The molecule has 1 aliphatic heterocycles. The fourth-order valence-electron chi connectivity index (χ4n) is 2.26. The molecule has 1 aromatic rings. The van der Waals surface area contributed by atoms with Gasteiger partial charge in [-0.25, -0.2) is 9.18 Å². The maximum absolute atomic E-state index is 14.0. The van der Waals surface area contributed by atoms with E-state index < -0.39 is 5.97 Å². The van der Waals surface area contributed by atoms with Gasteiger partial charge in [-0.3, -0.25) is 0 Å². The van der Waals surface area contributed by atoms with Crippen molar-refractivity contribution in [1.29, 1.82) is 0 Å². The summed E-state index contributed by atoms with van der Waals surface area (Å²) in [6.07, 6.45) is 1.89. The lowest BCUT2D eigenvalue weighted by Gasteiger charge is -2.23. The molecule has 104 valence electrons. The first-order valence-corrected chi connectivity index (χ1v) is 6.40. The van der Waals surface area contributed by atoms with Gasteiger partial charge < -0.3 is 14.8 Å². The van der Waals surface area contributed by atoms with Gasteiger partial charge >= 0.3 is 5.97 Å². The Morgan fingerprint density at radius 3 is 2.79 bits per heavy atom. The zero-order valence-corrected chi connectivity index (χ0v) is 10.9. The van der Waals surface area contributed by atoms with E-state index in [2.05, 4.69) is 10.1 Å². The molecule has 0 aliphatic carbocycles. The fraction of sp³-hybridized carbons (Fsp3) is 0.500. The van der Waals surface area contributed by atoms with E-state index in [4.69, 9.17) is 4.74 Å². The molecule has 0 amide bonds. The molecule has 0 radical (unpaired) electrons. The number of carbonyl (C=O) groups is 1. The highest BCUT2D eigenvalue weighted by Crippen LogP contribution is 2.29. The molecule has 0 unspecified atom stereocenters. The number of ether oxygens (including phenoxy) is 2. The number of piperidine rings is 1. The van der Waals surface area contributed by atoms with Gasteiger partial charge in [-0.15, -0.1) is 0 Å². The maximum atomic E-state index is 14.0. The molecule has 0 spiro atoms. The Bertz CT molecular complexity index is 444. The quantitative estimate of drug-likeness (QED) is 0.846. The molecule has 1 aromatic carbocycles. The summed E-state index contributed by atoms with van der Waals surface area (Å²) in [6, 6.07) is 4.78. The predicted octanol–water partition coefficient (Wildman–Crippen LogP) is 1.84. The van der Waals surface area contributed by atoms with Crippen LogP contribution in [0.3, 0.4) is 0 Å². The number of hydrogen-bond acceptors (Lipinski definition) is 4. The summed E-state index contributed by atoms with van der Waals surface area (Å²) in [6.45, 7) is 1.64. The van der Waals surface area contributed by atoms with Gasteiger partial charge in [0.2, 0.25) is 0 Å². The van der Waals surface area contributed by atoms with Gasteiger partial charge in [0.05, 0.1) is 7.11 Å². The Morgan fingerprint density at radius 1 is 1.42 bits per heavy atom. The molecule has 0 bridgehead atoms. The van der Waals surface area contributed by atoms with E-state index in [1.165, 1.54) is 13.2 Å². The van der Waals surface area contributed by atoms with Crippen molar-refractivity contribution in [3.8, 4) is 5.75 Å². The monoisotopic (exact) mass is 267 g/mol. The summed E-state index contributed by atoms with van der Waals surface area (Å²) in [5.74, 6) is -0.145. The van der Waals surface area contributed by atoms with E-state index in [-0.39, 0.29) is 18.3 Å². The number of methoxy groups -OCH3 is 1. The highest BCUT2D eigenvalue weighted by Gasteiger charge is 2.19. The molecule has 0 saturated carbocycles. The number of benzene rings is 1. The molecule has 1 aliphatic rings. The van der Waals surface area contributed by atoms with Crippen LogP contribution in [0.5, 0.6) is 5.75 Å². The van der Waals surface area contributed by atoms with Crippen LogP contribution in [-0.2, 0) is 9.53 Å². The molecule has 1 heterocycles. The third-order valence-electron chi connectivity index (χ3n) is 3.34. The lowest BCUT2D eigenvalue weighted by Crippen LogP contribution is -2.27. The predicted molar refractivity (Wildman–Crippen MR) is 68.8 cm³/mol. The second-order valence-electron chi connectivity index (χ2n) is 4.57. The van der Waals surface area contributed by atoms with Crippen LogP contribution >= 0.6 is 0 Å². The smallest absolute Gasteiger partial charge is 0.343 e. The van der Waals surface area contributed by atoms with Crippen molar-refractivity contribution in [3.05, 3.63) is 29.6 Å². The van der Waals surface area contributed by atoms with Gasteiger partial charge in [0.25, 0.3) is 0 Å². The summed E-state index contributed by atoms with van der Waals surface area (Å²) in [5.41, 5.74) is 0.729. The molecule has 5 heteroatoms. The van der Waals surface area contributed by atoms with Crippen LogP contribution in [0.25, 0.3) is 0 Å². The molecule has 0 atom stereocenters. The molecule has 1 saturated heterocycles. The Morgan fingerprint density at radius 2 is 2.16 bits per heavy atom. The zero-order chi connectivity index (χ0) is 13.7. The molecule has 4 nitrogen and oxygen atoms in total. The minimum atomic E-state index is -0.483. The van der Waals surface area contributed by atoms with E-state index in [1.54, 1.807) is 12.1 Å². The van der Waals surface area contributed by atoms with Crippen molar-refractivity contribution >= 4 is 5.97 Å². The number of nitrogens with one attached hydrogen (secondary N) is 1. The number of halogens is 1. The molecular weight excluding hydrogens is 249 g/mol. The topological polar surface area (TPSA) is 47.6 Å². The minimum absolute atomic E-state index is 0.206. The average Bonchev–Trinajstić information content (AvgIpc) is 2.45. The van der Waals surface area contributed by atoms with Gasteiger partial charge in [0.15, 0.2) is 6.61 Å². The number of esters is 1. The van der Waals surface area contributed by atoms with E-state index in [0.717, 1.165) is 31.5 Å². The van der Waals surface area contributed by atoms with Gasteiger partial charge in [0.1, 0.15) is 11.6 Å². The van der Waals surface area contributed by atoms with Crippen molar-refractivity contribution in [1.82, 2.24) is 5.32 Å². The Labute approximate surface area is 111 Å². The minimum Gasteiger partial charge on any atom is -0.482 e. The van der Waals surface area contributed by atoms with Crippen LogP contribution in [0.1, 0.15) is 24.3 Å². The highest BCUT2D eigenvalue weighted by molar-refractivity contribution is 5.70. The van der Waals surface area contributed by atoms with Crippen LogP contribution in [0.15, 0.2) is 18.2 Å². The van der Waals surface area contributed by atoms with Crippen molar-refractivity contribution in [2.45, 2.75) is 18.8 Å². The van der Waals surface area contributed by atoms with Gasteiger partial charge in [-0.2, -0.15) is 0 Å². The first-order chi connectivity index (χ1) is 9.20. The third kappa shape index (κ3) is 3.67. The van der Waals surface area contributed by atoms with E-state index in [1.807, 2.05) is 0 Å². The first-order valence-electron chi connectivity index (χ1n) is 6.40. The SMILES string of the molecule is COC(=O)COc1ccc(C2CCNCC2)c(F)c1. The average molecular weight is 267 g/mol. The van der Waals surface area contributed by atoms with Crippen LogP contribution in [0.2, 0.25) is 0 Å². The molecule has 1 fully saturated rings. The number of hydrogen-bond donors (Lipinski definition) is 1. The Balaban J connectivity index is 2.01. The molecule has 19 heavy (non-hydrogen) atoms.